The molecule has 0 aliphatic carbocycles. The van der Waals surface area contributed by atoms with Crippen molar-refractivity contribution in [2.75, 3.05) is 18.8 Å². The Hall–Kier alpha value is -0.620. The van der Waals surface area contributed by atoms with Crippen molar-refractivity contribution in [3.63, 3.8) is 0 Å². The number of aryl methyl sites for hydroxylation is 1. The molecular weight excluding hydrogens is 186 g/mol. The second-order valence-corrected chi connectivity index (χ2v) is 4.26. The van der Waals surface area contributed by atoms with Crippen LogP contribution in [0.4, 0.5) is 0 Å². The number of rotatable bonds is 4. The minimum Gasteiger partial charge on any atom is -0.316 e. The minimum absolute atomic E-state index is 0.833. The van der Waals surface area contributed by atoms with E-state index >= 15 is 0 Å². The number of thioether (sulfide) groups is 1. The summed E-state index contributed by atoms with van der Waals surface area (Å²) in [6.45, 7) is 2.34. The Balaban J connectivity index is 1.67. The monoisotopic (exact) mass is 199 g/mol. The number of aromatic nitrogens is 4. The molecule has 0 atom stereocenters. The SMILES string of the molecule is Cn1nnc(CSCC2CNC2)n1. The van der Waals surface area contributed by atoms with Crippen molar-refractivity contribution in [2.24, 2.45) is 13.0 Å². The van der Waals surface area contributed by atoms with E-state index in [9.17, 15) is 0 Å². The van der Waals surface area contributed by atoms with Gasteiger partial charge in [0.1, 0.15) is 0 Å². The van der Waals surface area contributed by atoms with E-state index in [1.54, 1.807) is 7.05 Å². The van der Waals surface area contributed by atoms with Crippen LogP contribution in [0.3, 0.4) is 0 Å². The Morgan fingerprint density at radius 2 is 2.46 bits per heavy atom. The van der Waals surface area contributed by atoms with Crippen molar-refractivity contribution >= 4 is 11.8 Å². The molecule has 0 unspecified atom stereocenters. The minimum atomic E-state index is 0.833. The van der Waals surface area contributed by atoms with Gasteiger partial charge < -0.3 is 5.32 Å². The summed E-state index contributed by atoms with van der Waals surface area (Å²) in [6.07, 6.45) is 0. The number of nitrogens with zero attached hydrogens (tertiary/aromatic N) is 4. The zero-order valence-electron chi connectivity index (χ0n) is 7.60. The van der Waals surface area contributed by atoms with E-state index in [2.05, 4.69) is 20.7 Å². The van der Waals surface area contributed by atoms with E-state index in [-0.39, 0.29) is 0 Å². The van der Waals surface area contributed by atoms with Gasteiger partial charge in [-0.1, -0.05) is 0 Å². The maximum absolute atomic E-state index is 4.11. The van der Waals surface area contributed by atoms with Crippen LogP contribution in [0.25, 0.3) is 0 Å². The van der Waals surface area contributed by atoms with Gasteiger partial charge in [-0.2, -0.15) is 16.6 Å². The Bertz CT molecular complexity index is 270. The van der Waals surface area contributed by atoms with Gasteiger partial charge in [-0.3, -0.25) is 0 Å². The van der Waals surface area contributed by atoms with Gasteiger partial charge >= 0.3 is 0 Å². The molecule has 0 spiro atoms. The van der Waals surface area contributed by atoms with Crippen LogP contribution in [-0.4, -0.2) is 39.0 Å². The van der Waals surface area contributed by atoms with Gasteiger partial charge in [0.15, 0.2) is 5.82 Å². The normalized spacial score (nSPS) is 17.3. The summed E-state index contributed by atoms with van der Waals surface area (Å²) in [4.78, 5) is 1.50. The van der Waals surface area contributed by atoms with E-state index < -0.39 is 0 Å². The topological polar surface area (TPSA) is 55.6 Å². The van der Waals surface area contributed by atoms with Crippen LogP contribution in [0.5, 0.6) is 0 Å². The Morgan fingerprint density at radius 3 is 3.00 bits per heavy atom. The summed E-state index contributed by atoms with van der Waals surface area (Å²) < 4.78 is 0. The summed E-state index contributed by atoms with van der Waals surface area (Å²) >= 11 is 1.89. The molecule has 0 amide bonds. The molecule has 2 rings (SSSR count). The highest BCUT2D eigenvalue weighted by Crippen LogP contribution is 2.15. The third kappa shape index (κ3) is 2.41. The molecule has 0 radical (unpaired) electrons. The number of hydrogen-bond donors (Lipinski definition) is 1. The van der Waals surface area contributed by atoms with E-state index in [1.165, 1.54) is 23.6 Å². The predicted molar refractivity (Wildman–Crippen MR) is 51.3 cm³/mol. The fraction of sp³-hybridized carbons (Fsp3) is 0.857. The van der Waals surface area contributed by atoms with Crippen molar-refractivity contribution in [2.45, 2.75) is 5.75 Å². The number of tetrazole rings is 1. The lowest BCUT2D eigenvalue weighted by Crippen LogP contribution is -2.43. The molecule has 1 saturated heterocycles. The molecule has 1 aliphatic heterocycles. The molecule has 2 heterocycles. The van der Waals surface area contributed by atoms with Crippen molar-refractivity contribution in [3.8, 4) is 0 Å². The summed E-state index contributed by atoms with van der Waals surface area (Å²) in [5, 5.41) is 15.1. The maximum Gasteiger partial charge on any atom is 0.184 e. The van der Waals surface area contributed by atoms with Gasteiger partial charge in [0.05, 0.1) is 12.8 Å². The standard InChI is InChI=1S/C7H13N5S/c1-12-10-7(9-11-12)5-13-4-6-2-8-3-6/h6,8H,2-5H2,1H3. The first kappa shape index (κ1) is 8.96. The fourth-order valence-electron chi connectivity index (χ4n) is 1.16. The second-order valence-electron chi connectivity index (χ2n) is 3.23. The first-order valence-electron chi connectivity index (χ1n) is 4.36. The molecule has 72 valence electrons. The summed E-state index contributed by atoms with van der Waals surface area (Å²) in [7, 11) is 1.79. The second kappa shape index (κ2) is 4.06. The summed E-state index contributed by atoms with van der Waals surface area (Å²) in [5.74, 6) is 3.76. The van der Waals surface area contributed by atoms with Crippen LogP contribution in [0, 0.1) is 5.92 Å². The summed E-state index contributed by atoms with van der Waals surface area (Å²) in [6, 6.07) is 0. The quantitative estimate of drug-likeness (QED) is 0.719. The Kier molecular flexibility index (Phi) is 2.80. The van der Waals surface area contributed by atoms with Gasteiger partial charge in [0, 0.05) is 0 Å². The van der Waals surface area contributed by atoms with Crippen LogP contribution in [-0.2, 0) is 12.8 Å². The van der Waals surface area contributed by atoms with Crippen LogP contribution in [0.15, 0.2) is 0 Å². The molecule has 1 aromatic heterocycles. The van der Waals surface area contributed by atoms with Crippen LogP contribution in [0.2, 0.25) is 0 Å². The maximum atomic E-state index is 4.11. The highest BCUT2D eigenvalue weighted by Gasteiger charge is 2.16. The van der Waals surface area contributed by atoms with Crippen molar-refractivity contribution in [3.05, 3.63) is 5.82 Å². The third-order valence-corrected chi connectivity index (χ3v) is 3.17. The molecule has 1 aromatic rings. The molecule has 1 fully saturated rings. The van der Waals surface area contributed by atoms with Gasteiger partial charge in [-0.15, -0.1) is 10.2 Å². The molecular formula is C7H13N5S. The third-order valence-electron chi connectivity index (χ3n) is 2.00. The molecule has 0 bridgehead atoms. The van der Waals surface area contributed by atoms with Crippen molar-refractivity contribution in [1.82, 2.24) is 25.5 Å². The van der Waals surface area contributed by atoms with Gasteiger partial charge in [-0.05, 0) is 30.0 Å². The lowest BCUT2D eigenvalue weighted by atomic mass is 10.1. The number of hydrogen-bond acceptors (Lipinski definition) is 5. The van der Waals surface area contributed by atoms with Crippen molar-refractivity contribution < 1.29 is 0 Å². The lowest BCUT2D eigenvalue weighted by Gasteiger charge is -2.26. The molecule has 13 heavy (non-hydrogen) atoms. The Morgan fingerprint density at radius 1 is 1.62 bits per heavy atom. The van der Waals surface area contributed by atoms with E-state index in [0.717, 1.165) is 17.5 Å². The van der Waals surface area contributed by atoms with Crippen LogP contribution in [0.1, 0.15) is 5.82 Å². The Labute approximate surface area is 81.3 Å². The van der Waals surface area contributed by atoms with Crippen LogP contribution < -0.4 is 5.32 Å². The molecule has 1 aliphatic rings. The van der Waals surface area contributed by atoms with E-state index in [0.29, 0.717) is 0 Å². The fourth-order valence-corrected chi connectivity index (χ4v) is 2.15. The van der Waals surface area contributed by atoms with Crippen LogP contribution >= 0.6 is 11.8 Å². The highest BCUT2D eigenvalue weighted by atomic mass is 32.2. The average Bonchev–Trinajstić information content (AvgIpc) is 2.42. The average molecular weight is 199 g/mol. The highest BCUT2D eigenvalue weighted by molar-refractivity contribution is 7.98. The van der Waals surface area contributed by atoms with Gasteiger partial charge in [0.2, 0.25) is 0 Å². The number of nitrogens with one attached hydrogen (secondary N) is 1. The molecule has 0 saturated carbocycles. The van der Waals surface area contributed by atoms with Gasteiger partial charge in [0.25, 0.3) is 0 Å². The largest absolute Gasteiger partial charge is 0.316 e. The smallest absolute Gasteiger partial charge is 0.184 e. The molecule has 6 heteroatoms. The lowest BCUT2D eigenvalue weighted by molar-refractivity contribution is 0.385. The van der Waals surface area contributed by atoms with Gasteiger partial charge in [-0.25, -0.2) is 0 Å². The van der Waals surface area contributed by atoms with Crippen molar-refractivity contribution in [1.29, 1.82) is 0 Å². The first-order chi connectivity index (χ1) is 6.34. The first-order valence-corrected chi connectivity index (χ1v) is 5.51. The zero-order valence-corrected chi connectivity index (χ0v) is 8.42. The predicted octanol–water partition coefficient (Wildman–Crippen LogP) is -0.337. The molecule has 1 N–H and O–H groups in total. The molecule has 5 nitrogen and oxygen atoms in total. The van der Waals surface area contributed by atoms with E-state index in [4.69, 9.17) is 0 Å². The summed E-state index contributed by atoms with van der Waals surface area (Å²) in [5.41, 5.74) is 0. The zero-order chi connectivity index (χ0) is 9.10. The van der Waals surface area contributed by atoms with E-state index in [1.807, 2.05) is 11.8 Å². The molecule has 0 aromatic carbocycles.